The van der Waals surface area contributed by atoms with Gasteiger partial charge in [0.2, 0.25) is 10.0 Å². The van der Waals surface area contributed by atoms with Crippen molar-refractivity contribution in [1.82, 2.24) is 9.47 Å². The van der Waals surface area contributed by atoms with E-state index in [-0.39, 0.29) is 10.8 Å². The van der Waals surface area contributed by atoms with Crippen molar-refractivity contribution >= 4 is 15.9 Å². The SMILES string of the molecule is CCCN(C)C(=O)c1cc(S(N)(=O)=O)cn1CC. The number of nitrogens with two attached hydrogens (primary N) is 1. The first kappa shape index (κ1) is 14.7. The molecule has 1 rings (SSSR count). The Balaban J connectivity index is 3.16. The van der Waals surface area contributed by atoms with Crippen LogP contribution in [0.15, 0.2) is 17.2 Å². The highest BCUT2D eigenvalue weighted by Gasteiger charge is 2.20. The van der Waals surface area contributed by atoms with Gasteiger partial charge in [0.15, 0.2) is 0 Å². The number of sulfonamides is 1. The molecule has 2 N–H and O–H groups in total. The third-order valence-electron chi connectivity index (χ3n) is 2.67. The summed E-state index contributed by atoms with van der Waals surface area (Å²) in [5, 5.41) is 5.06. The first-order valence-electron chi connectivity index (χ1n) is 5.79. The van der Waals surface area contributed by atoms with Crippen LogP contribution in [0.3, 0.4) is 0 Å². The second-order valence-electron chi connectivity index (χ2n) is 4.12. The first-order chi connectivity index (χ1) is 8.31. The zero-order valence-corrected chi connectivity index (χ0v) is 11.7. The lowest BCUT2D eigenvalue weighted by Gasteiger charge is -2.16. The van der Waals surface area contributed by atoms with Crippen LogP contribution < -0.4 is 5.14 Å². The lowest BCUT2D eigenvalue weighted by molar-refractivity contribution is 0.0784. The van der Waals surface area contributed by atoms with Crippen LogP contribution >= 0.6 is 0 Å². The number of rotatable bonds is 5. The summed E-state index contributed by atoms with van der Waals surface area (Å²) in [5.74, 6) is -0.200. The van der Waals surface area contributed by atoms with Gasteiger partial charge >= 0.3 is 0 Å². The molecule has 1 heterocycles. The van der Waals surface area contributed by atoms with Gasteiger partial charge in [0.1, 0.15) is 10.6 Å². The van der Waals surface area contributed by atoms with Crippen LogP contribution in [0.5, 0.6) is 0 Å². The van der Waals surface area contributed by atoms with E-state index >= 15 is 0 Å². The minimum absolute atomic E-state index is 0.0300. The normalized spacial score (nSPS) is 11.6. The number of hydrogen-bond donors (Lipinski definition) is 1. The molecule has 1 amide bonds. The van der Waals surface area contributed by atoms with Crippen molar-refractivity contribution < 1.29 is 13.2 Å². The molecule has 0 spiro atoms. The zero-order valence-electron chi connectivity index (χ0n) is 10.9. The molecule has 0 bridgehead atoms. The van der Waals surface area contributed by atoms with Gasteiger partial charge in [-0.3, -0.25) is 4.79 Å². The average molecular weight is 273 g/mol. The number of carbonyl (C=O) groups excluding carboxylic acids is 1. The Morgan fingerprint density at radius 3 is 2.50 bits per heavy atom. The summed E-state index contributed by atoms with van der Waals surface area (Å²) in [5.41, 5.74) is 0.345. The monoisotopic (exact) mass is 273 g/mol. The van der Waals surface area contributed by atoms with E-state index in [1.165, 1.54) is 12.3 Å². The number of aromatic nitrogens is 1. The number of hydrogen-bond acceptors (Lipinski definition) is 3. The number of amides is 1. The van der Waals surface area contributed by atoms with Gasteiger partial charge in [0.25, 0.3) is 5.91 Å². The molecule has 1 aromatic heterocycles. The Bertz CT molecular complexity index is 534. The van der Waals surface area contributed by atoms with Gasteiger partial charge in [-0.1, -0.05) is 6.92 Å². The molecule has 0 aliphatic heterocycles. The third kappa shape index (κ3) is 3.11. The van der Waals surface area contributed by atoms with E-state index in [1.807, 2.05) is 13.8 Å². The molecular formula is C11H19N3O3S. The van der Waals surface area contributed by atoms with Crippen LogP contribution in [0.25, 0.3) is 0 Å². The Kier molecular flexibility index (Phi) is 4.53. The number of nitrogens with zero attached hydrogens (tertiary/aromatic N) is 2. The van der Waals surface area contributed by atoms with Crippen LogP contribution in [0.2, 0.25) is 0 Å². The van der Waals surface area contributed by atoms with Crippen LogP contribution in [0, 0.1) is 0 Å². The third-order valence-corrected chi connectivity index (χ3v) is 3.55. The van der Waals surface area contributed by atoms with Crippen molar-refractivity contribution in [3.63, 3.8) is 0 Å². The van der Waals surface area contributed by atoms with E-state index in [9.17, 15) is 13.2 Å². The molecule has 0 aromatic carbocycles. The molecule has 0 saturated heterocycles. The molecule has 0 aliphatic carbocycles. The molecule has 0 aliphatic rings. The molecule has 0 fully saturated rings. The predicted octanol–water partition coefficient (Wildman–Crippen LogP) is 0.637. The quantitative estimate of drug-likeness (QED) is 0.854. The summed E-state index contributed by atoms with van der Waals surface area (Å²) in [6, 6.07) is 1.33. The highest BCUT2D eigenvalue weighted by Crippen LogP contribution is 2.15. The van der Waals surface area contributed by atoms with Gasteiger partial charge in [0, 0.05) is 26.3 Å². The molecule has 1 aromatic rings. The number of carbonyl (C=O) groups is 1. The average Bonchev–Trinajstić information content (AvgIpc) is 2.71. The minimum Gasteiger partial charge on any atom is -0.342 e. The Labute approximate surface area is 107 Å². The lowest BCUT2D eigenvalue weighted by atomic mass is 10.3. The molecule has 0 radical (unpaired) electrons. The van der Waals surface area contributed by atoms with Crippen molar-refractivity contribution in [3.05, 3.63) is 18.0 Å². The van der Waals surface area contributed by atoms with Gasteiger partial charge in [-0.05, 0) is 19.4 Å². The van der Waals surface area contributed by atoms with E-state index < -0.39 is 10.0 Å². The number of primary sulfonamides is 1. The lowest BCUT2D eigenvalue weighted by Crippen LogP contribution is -2.29. The summed E-state index contributed by atoms with van der Waals surface area (Å²) in [6.07, 6.45) is 2.24. The predicted molar refractivity (Wildman–Crippen MR) is 68.7 cm³/mol. The molecule has 7 heteroatoms. The maximum Gasteiger partial charge on any atom is 0.270 e. The standard InChI is InChI=1S/C11H19N3O3S/c1-4-6-13(3)11(15)10-7-9(18(12,16)17)8-14(10)5-2/h7-8H,4-6H2,1-3H3,(H2,12,16,17). The van der Waals surface area contributed by atoms with Crippen LogP contribution in [-0.4, -0.2) is 37.4 Å². The molecule has 102 valence electrons. The highest BCUT2D eigenvalue weighted by atomic mass is 32.2. The van der Waals surface area contributed by atoms with E-state index in [2.05, 4.69) is 0 Å². The maximum absolute atomic E-state index is 12.1. The van der Waals surface area contributed by atoms with Crippen LogP contribution in [0.1, 0.15) is 30.8 Å². The molecule has 18 heavy (non-hydrogen) atoms. The van der Waals surface area contributed by atoms with Crippen LogP contribution in [-0.2, 0) is 16.6 Å². The van der Waals surface area contributed by atoms with Gasteiger partial charge in [-0.25, -0.2) is 13.6 Å². The molecule has 0 saturated carbocycles. The van der Waals surface area contributed by atoms with Gasteiger partial charge in [-0.2, -0.15) is 0 Å². The molecular weight excluding hydrogens is 254 g/mol. The minimum atomic E-state index is -3.78. The van der Waals surface area contributed by atoms with E-state index in [0.29, 0.717) is 18.8 Å². The summed E-state index contributed by atoms with van der Waals surface area (Å²) in [4.78, 5) is 13.7. The van der Waals surface area contributed by atoms with Crippen LogP contribution in [0.4, 0.5) is 0 Å². The fourth-order valence-corrected chi connectivity index (χ4v) is 2.26. The summed E-state index contributed by atoms with van der Waals surface area (Å²) in [6.45, 7) is 4.94. The summed E-state index contributed by atoms with van der Waals surface area (Å²) in [7, 11) is -2.09. The van der Waals surface area contributed by atoms with E-state index in [0.717, 1.165) is 6.42 Å². The van der Waals surface area contributed by atoms with Crippen molar-refractivity contribution in [2.24, 2.45) is 5.14 Å². The van der Waals surface area contributed by atoms with Gasteiger partial charge in [0.05, 0.1) is 0 Å². The second kappa shape index (κ2) is 5.53. The fourth-order valence-electron chi connectivity index (χ4n) is 1.71. The zero-order chi connectivity index (χ0) is 13.9. The summed E-state index contributed by atoms with van der Waals surface area (Å²) >= 11 is 0. The van der Waals surface area contributed by atoms with Gasteiger partial charge in [-0.15, -0.1) is 0 Å². The smallest absolute Gasteiger partial charge is 0.270 e. The molecule has 6 nitrogen and oxygen atoms in total. The molecule has 0 unspecified atom stereocenters. The summed E-state index contributed by atoms with van der Waals surface area (Å²) < 4.78 is 24.1. The first-order valence-corrected chi connectivity index (χ1v) is 7.34. The van der Waals surface area contributed by atoms with Crippen molar-refractivity contribution in [3.8, 4) is 0 Å². The van der Waals surface area contributed by atoms with E-state index in [4.69, 9.17) is 5.14 Å². The molecule has 0 atom stereocenters. The Morgan fingerprint density at radius 1 is 1.44 bits per heavy atom. The number of aryl methyl sites for hydroxylation is 1. The van der Waals surface area contributed by atoms with Gasteiger partial charge < -0.3 is 9.47 Å². The van der Waals surface area contributed by atoms with E-state index in [1.54, 1.807) is 16.5 Å². The second-order valence-corrected chi connectivity index (χ2v) is 5.68. The highest BCUT2D eigenvalue weighted by molar-refractivity contribution is 7.89. The Morgan fingerprint density at radius 2 is 2.06 bits per heavy atom. The fraction of sp³-hybridized carbons (Fsp3) is 0.545. The van der Waals surface area contributed by atoms with Crippen molar-refractivity contribution in [2.75, 3.05) is 13.6 Å². The topological polar surface area (TPSA) is 85.4 Å². The Hall–Kier alpha value is -1.34. The van der Waals surface area contributed by atoms with Crippen molar-refractivity contribution in [2.45, 2.75) is 31.7 Å². The largest absolute Gasteiger partial charge is 0.342 e. The maximum atomic E-state index is 12.1. The van der Waals surface area contributed by atoms with Crippen molar-refractivity contribution in [1.29, 1.82) is 0 Å².